The van der Waals surface area contributed by atoms with Gasteiger partial charge >= 0.3 is 0 Å². The summed E-state index contributed by atoms with van der Waals surface area (Å²) in [5.41, 5.74) is 8.51. The van der Waals surface area contributed by atoms with E-state index in [1.807, 2.05) is 0 Å². The van der Waals surface area contributed by atoms with Gasteiger partial charge in [-0.2, -0.15) is 0 Å². The molecule has 0 aromatic heterocycles. The summed E-state index contributed by atoms with van der Waals surface area (Å²) in [7, 11) is 1.61. The Morgan fingerprint density at radius 1 is 0.861 bits per heavy atom. The fourth-order valence-electron chi connectivity index (χ4n) is 4.53. The highest BCUT2D eigenvalue weighted by molar-refractivity contribution is 4.88. The van der Waals surface area contributed by atoms with E-state index in [1.54, 1.807) is 14.0 Å². The molecule has 1 fully saturated rings. The third-order valence-corrected chi connectivity index (χ3v) is 7.06. The molecule has 1 rings (SSSR count). The third kappa shape index (κ3) is 14.7. The minimum atomic E-state index is -1.13. The van der Waals surface area contributed by atoms with Crippen molar-refractivity contribution in [1.82, 2.24) is 0 Å². The fourth-order valence-corrected chi connectivity index (χ4v) is 4.53. The van der Waals surface area contributed by atoms with E-state index in [0.717, 1.165) is 6.42 Å². The molecule has 1 aliphatic heterocycles. The molecule has 2 N–H and O–H groups in total. The Hall–Kier alpha value is -0.930. The molecule has 36 heavy (non-hydrogen) atoms. The summed E-state index contributed by atoms with van der Waals surface area (Å²) in [6, 6.07) is 0. The quantitative estimate of drug-likeness (QED) is 0.0754. The van der Waals surface area contributed by atoms with Crippen molar-refractivity contribution in [2.24, 2.45) is 11.0 Å². The van der Waals surface area contributed by atoms with Gasteiger partial charge in [-0.3, -0.25) is 0 Å². The van der Waals surface area contributed by atoms with Crippen LogP contribution >= 0.6 is 0 Å². The summed E-state index contributed by atoms with van der Waals surface area (Å²) in [5, 5.41) is 23.8. The lowest BCUT2D eigenvalue weighted by Crippen LogP contribution is -2.55. The van der Waals surface area contributed by atoms with Crippen molar-refractivity contribution in [2.45, 2.75) is 134 Å². The fraction of sp³-hybridized carbons (Fsp3) is 1.00. The van der Waals surface area contributed by atoms with E-state index in [9.17, 15) is 10.2 Å². The van der Waals surface area contributed by atoms with E-state index in [4.69, 9.17) is 24.5 Å². The smallest absolute Gasteiger partial charge is 0.163 e. The van der Waals surface area contributed by atoms with Gasteiger partial charge in [0.05, 0.1) is 32.0 Å². The lowest BCUT2D eigenvalue weighted by Gasteiger charge is -2.41. The van der Waals surface area contributed by atoms with Crippen LogP contribution in [0, 0.1) is 5.92 Å². The van der Waals surface area contributed by atoms with Crippen molar-refractivity contribution in [3.05, 3.63) is 10.4 Å². The van der Waals surface area contributed by atoms with Gasteiger partial charge in [-0.15, -0.1) is 0 Å². The number of nitrogens with zero attached hydrogens (tertiary/aromatic N) is 3. The van der Waals surface area contributed by atoms with Crippen LogP contribution in [-0.4, -0.2) is 74.4 Å². The molecule has 3 unspecified atom stereocenters. The first-order valence-electron chi connectivity index (χ1n) is 14.3. The number of methoxy groups -OCH3 is 1. The molecule has 1 heterocycles. The van der Waals surface area contributed by atoms with Gasteiger partial charge in [-0.05, 0) is 12.0 Å². The number of aliphatic hydroxyl groups excluding tert-OH is 2. The van der Waals surface area contributed by atoms with Gasteiger partial charge in [0.1, 0.15) is 12.2 Å². The minimum absolute atomic E-state index is 0.0721. The first-order chi connectivity index (χ1) is 17.5. The Morgan fingerprint density at radius 3 is 1.94 bits per heavy atom. The predicted molar refractivity (Wildman–Crippen MR) is 142 cm³/mol. The van der Waals surface area contributed by atoms with Crippen LogP contribution in [0.3, 0.4) is 0 Å². The number of aliphatic hydroxyl groups is 2. The summed E-state index contributed by atoms with van der Waals surface area (Å²) in [4.78, 5) is 2.69. The van der Waals surface area contributed by atoms with E-state index in [2.05, 4.69) is 16.9 Å². The molecule has 1 aliphatic rings. The van der Waals surface area contributed by atoms with Crippen LogP contribution in [0.4, 0.5) is 0 Å². The summed E-state index contributed by atoms with van der Waals surface area (Å²) in [6.07, 6.45) is 14.7. The Labute approximate surface area is 218 Å². The maximum absolute atomic E-state index is 10.3. The van der Waals surface area contributed by atoms with Crippen LogP contribution in [0.1, 0.15) is 104 Å². The van der Waals surface area contributed by atoms with Gasteiger partial charge in [0.25, 0.3) is 0 Å². The zero-order chi connectivity index (χ0) is 26.4. The number of hydrogen-bond donors (Lipinski definition) is 2. The Kier molecular flexibility index (Phi) is 20.3. The average molecular weight is 516 g/mol. The zero-order valence-corrected chi connectivity index (χ0v) is 23.1. The molecular formula is C27H53N3O6. The highest BCUT2D eigenvalue weighted by atomic mass is 16.7. The maximum atomic E-state index is 10.3. The van der Waals surface area contributed by atoms with Gasteiger partial charge in [0, 0.05) is 24.5 Å². The van der Waals surface area contributed by atoms with Crippen LogP contribution in [0.2, 0.25) is 0 Å². The monoisotopic (exact) mass is 515 g/mol. The van der Waals surface area contributed by atoms with Crippen LogP contribution < -0.4 is 0 Å². The van der Waals surface area contributed by atoms with Gasteiger partial charge in [0.15, 0.2) is 6.29 Å². The SMILES string of the molecule is CCCCCCCCCCCCCCCCOCC(CO[C@@H]1OC(CN=[N+]=[N-])[C@@H](O)[C@H](O)C1C)OC. The normalized spacial score (nSPS) is 25.0. The first kappa shape index (κ1) is 33.1. The summed E-state index contributed by atoms with van der Waals surface area (Å²) in [5.74, 6) is -0.434. The standard InChI is InChI=1S/C27H53N3O6/c1-4-5-6-7-8-9-10-11-12-13-14-15-16-17-18-34-20-23(33-3)21-35-27-22(2)25(31)26(32)24(36-27)19-29-30-28/h22-27,31-32H,4-21H2,1-3H3/t22?,23?,24?,25-,26-,27-/m1/s1. The van der Waals surface area contributed by atoms with Crippen molar-refractivity contribution in [1.29, 1.82) is 0 Å². The topological polar surface area (TPSA) is 126 Å². The van der Waals surface area contributed by atoms with Crippen molar-refractivity contribution in [2.75, 3.05) is 33.5 Å². The van der Waals surface area contributed by atoms with Crippen molar-refractivity contribution in [3.63, 3.8) is 0 Å². The molecule has 0 spiro atoms. The lowest BCUT2D eigenvalue weighted by atomic mass is 9.92. The second-order valence-corrected chi connectivity index (χ2v) is 10.2. The summed E-state index contributed by atoms with van der Waals surface area (Å²) >= 11 is 0. The molecule has 6 atom stereocenters. The molecular weight excluding hydrogens is 462 g/mol. The zero-order valence-electron chi connectivity index (χ0n) is 23.1. The summed E-state index contributed by atoms with van der Waals surface area (Å²) < 4.78 is 22.8. The molecule has 212 valence electrons. The van der Waals surface area contributed by atoms with Crippen molar-refractivity contribution >= 4 is 0 Å². The number of azide groups is 1. The molecule has 0 aromatic rings. The number of rotatable bonds is 23. The Bertz CT molecular complexity index is 564. The van der Waals surface area contributed by atoms with Crippen LogP contribution in [0.25, 0.3) is 10.4 Å². The van der Waals surface area contributed by atoms with Crippen molar-refractivity contribution < 1.29 is 29.2 Å². The third-order valence-electron chi connectivity index (χ3n) is 7.06. The van der Waals surface area contributed by atoms with Crippen LogP contribution in [-0.2, 0) is 18.9 Å². The molecule has 9 heteroatoms. The highest BCUT2D eigenvalue weighted by Gasteiger charge is 2.42. The van der Waals surface area contributed by atoms with E-state index in [-0.39, 0.29) is 19.3 Å². The lowest BCUT2D eigenvalue weighted by molar-refractivity contribution is -0.280. The van der Waals surface area contributed by atoms with E-state index in [0.29, 0.717) is 13.2 Å². The Morgan fingerprint density at radius 2 is 1.42 bits per heavy atom. The molecule has 0 aliphatic carbocycles. The molecule has 0 bridgehead atoms. The molecule has 0 saturated carbocycles. The second-order valence-electron chi connectivity index (χ2n) is 10.2. The number of hydrogen-bond acceptors (Lipinski definition) is 7. The molecule has 0 radical (unpaired) electrons. The predicted octanol–water partition coefficient (Wildman–Crippen LogP) is 5.91. The van der Waals surface area contributed by atoms with E-state index < -0.39 is 30.5 Å². The molecule has 1 saturated heterocycles. The van der Waals surface area contributed by atoms with E-state index in [1.165, 1.54) is 83.5 Å². The number of unbranched alkanes of at least 4 members (excludes halogenated alkanes) is 13. The van der Waals surface area contributed by atoms with Crippen LogP contribution in [0.5, 0.6) is 0 Å². The molecule has 9 nitrogen and oxygen atoms in total. The molecule has 0 aromatic carbocycles. The van der Waals surface area contributed by atoms with E-state index >= 15 is 0 Å². The Balaban J connectivity index is 2.04. The van der Waals surface area contributed by atoms with Crippen molar-refractivity contribution in [3.8, 4) is 0 Å². The maximum Gasteiger partial charge on any atom is 0.163 e. The highest BCUT2D eigenvalue weighted by Crippen LogP contribution is 2.27. The molecule has 0 amide bonds. The second kappa shape index (κ2) is 22.1. The van der Waals surface area contributed by atoms with Gasteiger partial charge in [-0.1, -0.05) is 102 Å². The average Bonchev–Trinajstić information content (AvgIpc) is 2.89. The summed E-state index contributed by atoms with van der Waals surface area (Å²) in [6.45, 7) is 5.30. The largest absolute Gasteiger partial charge is 0.390 e. The number of ether oxygens (including phenoxy) is 4. The van der Waals surface area contributed by atoms with Gasteiger partial charge in [0.2, 0.25) is 0 Å². The van der Waals surface area contributed by atoms with Gasteiger partial charge in [-0.25, -0.2) is 0 Å². The first-order valence-corrected chi connectivity index (χ1v) is 14.3. The van der Waals surface area contributed by atoms with Gasteiger partial charge < -0.3 is 29.2 Å². The van der Waals surface area contributed by atoms with Crippen LogP contribution in [0.15, 0.2) is 5.11 Å². The minimum Gasteiger partial charge on any atom is -0.390 e.